The summed E-state index contributed by atoms with van der Waals surface area (Å²) in [6.07, 6.45) is -4.90. The van der Waals surface area contributed by atoms with E-state index in [9.17, 15) is 22.0 Å². The van der Waals surface area contributed by atoms with Crippen LogP contribution in [-0.2, 0) is 0 Å². The van der Waals surface area contributed by atoms with Gasteiger partial charge in [0, 0.05) is 11.3 Å². The Balaban J connectivity index is 2.53. The molecule has 0 bridgehead atoms. The van der Waals surface area contributed by atoms with Gasteiger partial charge < -0.3 is 10.5 Å². The van der Waals surface area contributed by atoms with Crippen molar-refractivity contribution in [3.8, 4) is 16.9 Å². The third-order valence-electron chi connectivity index (χ3n) is 2.46. The van der Waals surface area contributed by atoms with Crippen molar-refractivity contribution < 1.29 is 26.7 Å². The lowest BCUT2D eigenvalue weighted by Crippen LogP contribution is -2.17. The number of rotatable bonds is 2. The zero-order valence-electron chi connectivity index (χ0n) is 9.84. The number of alkyl halides is 3. The van der Waals surface area contributed by atoms with Crippen LogP contribution in [0.4, 0.5) is 27.6 Å². The maximum atomic E-state index is 13.2. The SMILES string of the molecule is Nc1ccc(OC(F)(F)F)c(-c2ccc(F)c(F)c2)c1. The highest BCUT2D eigenvalue weighted by molar-refractivity contribution is 5.74. The van der Waals surface area contributed by atoms with Gasteiger partial charge in [0.25, 0.3) is 0 Å². The first kappa shape index (κ1) is 14.1. The topological polar surface area (TPSA) is 35.2 Å². The van der Waals surface area contributed by atoms with Crippen molar-refractivity contribution in [2.75, 3.05) is 5.73 Å². The van der Waals surface area contributed by atoms with Crippen molar-refractivity contribution in [2.24, 2.45) is 0 Å². The number of nitrogens with two attached hydrogens (primary N) is 1. The summed E-state index contributed by atoms with van der Waals surface area (Å²) in [7, 11) is 0. The minimum Gasteiger partial charge on any atom is -0.405 e. The third-order valence-corrected chi connectivity index (χ3v) is 2.46. The molecule has 0 fully saturated rings. The highest BCUT2D eigenvalue weighted by Crippen LogP contribution is 2.35. The second kappa shape index (κ2) is 4.99. The first-order valence-corrected chi connectivity index (χ1v) is 5.37. The van der Waals surface area contributed by atoms with Crippen LogP contribution in [0.15, 0.2) is 36.4 Å². The van der Waals surface area contributed by atoms with E-state index in [1.54, 1.807) is 0 Å². The molecule has 0 saturated heterocycles. The molecule has 0 aliphatic carbocycles. The van der Waals surface area contributed by atoms with E-state index in [1.165, 1.54) is 12.1 Å². The Kier molecular flexibility index (Phi) is 3.52. The highest BCUT2D eigenvalue weighted by atomic mass is 19.4. The van der Waals surface area contributed by atoms with E-state index in [-0.39, 0.29) is 16.8 Å². The van der Waals surface area contributed by atoms with Gasteiger partial charge in [0.2, 0.25) is 0 Å². The van der Waals surface area contributed by atoms with Crippen LogP contribution < -0.4 is 10.5 Å². The van der Waals surface area contributed by atoms with Gasteiger partial charge in [0.05, 0.1) is 0 Å². The third kappa shape index (κ3) is 3.17. The molecule has 2 nitrogen and oxygen atoms in total. The molecule has 0 radical (unpaired) electrons. The second-order valence-electron chi connectivity index (χ2n) is 3.93. The van der Waals surface area contributed by atoms with Crippen molar-refractivity contribution >= 4 is 5.69 Å². The van der Waals surface area contributed by atoms with Crippen molar-refractivity contribution in [1.82, 2.24) is 0 Å². The molecular weight excluding hydrogens is 281 g/mol. The minimum atomic E-state index is -4.90. The largest absolute Gasteiger partial charge is 0.573 e. The molecule has 0 aromatic heterocycles. The zero-order chi connectivity index (χ0) is 14.9. The van der Waals surface area contributed by atoms with E-state index in [0.29, 0.717) is 0 Å². The lowest BCUT2D eigenvalue weighted by atomic mass is 10.0. The lowest BCUT2D eigenvalue weighted by molar-refractivity contribution is -0.274. The van der Waals surface area contributed by atoms with Gasteiger partial charge in [-0.05, 0) is 35.9 Å². The maximum Gasteiger partial charge on any atom is 0.573 e. The molecule has 106 valence electrons. The standard InChI is InChI=1S/C13H8F5NO/c14-10-3-1-7(5-11(10)15)9-6-8(19)2-4-12(9)20-13(16,17)18/h1-6H,19H2. The number of hydrogen-bond donors (Lipinski definition) is 1. The van der Waals surface area contributed by atoms with Gasteiger partial charge in [-0.2, -0.15) is 0 Å². The summed E-state index contributed by atoms with van der Waals surface area (Å²) in [6, 6.07) is 6.13. The lowest BCUT2D eigenvalue weighted by Gasteiger charge is -2.14. The first-order valence-electron chi connectivity index (χ1n) is 5.37. The van der Waals surface area contributed by atoms with Crippen molar-refractivity contribution in [3.63, 3.8) is 0 Å². The van der Waals surface area contributed by atoms with Crippen LogP contribution in [0.1, 0.15) is 0 Å². The second-order valence-corrected chi connectivity index (χ2v) is 3.93. The highest BCUT2D eigenvalue weighted by Gasteiger charge is 2.32. The molecule has 0 spiro atoms. The Bertz CT molecular complexity index is 639. The summed E-state index contributed by atoms with van der Waals surface area (Å²) < 4.78 is 66.7. The van der Waals surface area contributed by atoms with Gasteiger partial charge in [-0.3, -0.25) is 0 Å². The van der Waals surface area contributed by atoms with Crippen LogP contribution in [0, 0.1) is 11.6 Å². The summed E-state index contributed by atoms with van der Waals surface area (Å²) in [6.45, 7) is 0. The Morgan fingerprint density at radius 3 is 2.20 bits per heavy atom. The number of hydrogen-bond acceptors (Lipinski definition) is 2. The van der Waals surface area contributed by atoms with Gasteiger partial charge in [0.1, 0.15) is 5.75 Å². The fourth-order valence-electron chi connectivity index (χ4n) is 1.65. The van der Waals surface area contributed by atoms with Crippen LogP contribution in [-0.4, -0.2) is 6.36 Å². The Morgan fingerprint density at radius 2 is 1.60 bits per heavy atom. The first-order chi connectivity index (χ1) is 9.26. The summed E-state index contributed by atoms with van der Waals surface area (Å²) in [5, 5.41) is 0. The van der Waals surface area contributed by atoms with Gasteiger partial charge in [-0.1, -0.05) is 6.07 Å². The molecule has 0 aliphatic rings. The molecule has 2 rings (SSSR count). The van der Waals surface area contributed by atoms with Crippen LogP contribution in [0.25, 0.3) is 11.1 Å². The summed E-state index contributed by atoms with van der Waals surface area (Å²) in [5.74, 6) is -2.82. The van der Waals surface area contributed by atoms with E-state index < -0.39 is 23.7 Å². The summed E-state index contributed by atoms with van der Waals surface area (Å²) in [5.41, 5.74) is 5.60. The molecule has 0 atom stereocenters. The van der Waals surface area contributed by atoms with Crippen LogP contribution in [0.2, 0.25) is 0 Å². The van der Waals surface area contributed by atoms with Gasteiger partial charge in [0.15, 0.2) is 11.6 Å². The van der Waals surface area contributed by atoms with Crippen molar-refractivity contribution in [2.45, 2.75) is 6.36 Å². The van der Waals surface area contributed by atoms with Gasteiger partial charge in [-0.25, -0.2) is 8.78 Å². The van der Waals surface area contributed by atoms with Crippen molar-refractivity contribution in [3.05, 3.63) is 48.0 Å². The van der Waals surface area contributed by atoms with Crippen LogP contribution >= 0.6 is 0 Å². The van der Waals surface area contributed by atoms with Gasteiger partial charge in [-0.15, -0.1) is 13.2 Å². The van der Waals surface area contributed by atoms with E-state index in [1.807, 2.05) is 0 Å². The Labute approximate surface area is 110 Å². The molecule has 2 aromatic rings. The monoisotopic (exact) mass is 289 g/mol. The smallest absolute Gasteiger partial charge is 0.405 e. The maximum absolute atomic E-state index is 13.2. The molecule has 0 amide bonds. The molecular formula is C13H8F5NO. The van der Waals surface area contributed by atoms with E-state index >= 15 is 0 Å². The Morgan fingerprint density at radius 1 is 0.900 bits per heavy atom. The molecule has 20 heavy (non-hydrogen) atoms. The minimum absolute atomic E-state index is 0.0236. The normalized spacial score (nSPS) is 11.4. The molecule has 0 heterocycles. The number of nitrogen functional groups attached to an aromatic ring is 1. The Hall–Kier alpha value is -2.31. The summed E-state index contributed by atoms with van der Waals surface area (Å²) in [4.78, 5) is 0. The number of halogens is 5. The van der Waals surface area contributed by atoms with E-state index in [0.717, 1.165) is 24.3 Å². The number of ether oxygens (including phenoxy) is 1. The molecule has 0 saturated carbocycles. The van der Waals surface area contributed by atoms with Crippen LogP contribution in [0.5, 0.6) is 5.75 Å². The van der Waals surface area contributed by atoms with E-state index in [4.69, 9.17) is 5.73 Å². The number of anilines is 1. The summed E-state index contributed by atoms with van der Waals surface area (Å²) >= 11 is 0. The zero-order valence-corrected chi connectivity index (χ0v) is 9.84. The average Bonchev–Trinajstić information content (AvgIpc) is 2.33. The average molecular weight is 289 g/mol. The predicted octanol–water partition coefficient (Wildman–Crippen LogP) is 4.11. The molecule has 7 heteroatoms. The molecule has 2 N–H and O–H groups in total. The fourth-order valence-corrected chi connectivity index (χ4v) is 1.65. The van der Waals surface area contributed by atoms with Gasteiger partial charge >= 0.3 is 6.36 Å². The predicted molar refractivity (Wildman–Crippen MR) is 62.9 cm³/mol. The van der Waals surface area contributed by atoms with Crippen molar-refractivity contribution in [1.29, 1.82) is 0 Å². The van der Waals surface area contributed by atoms with E-state index in [2.05, 4.69) is 4.74 Å². The van der Waals surface area contributed by atoms with Crippen LogP contribution in [0.3, 0.4) is 0 Å². The quantitative estimate of drug-likeness (QED) is 0.667. The molecule has 0 unspecified atom stereocenters. The molecule has 0 aliphatic heterocycles. The number of benzene rings is 2. The fraction of sp³-hybridized carbons (Fsp3) is 0.0769. The molecule has 2 aromatic carbocycles.